The van der Waals surface area contributed by atoms with Gasteiger partial charge >= 0.3 is 5.97 Å². The van der Waals surface area contributed by atoms with Gasteiger partial charge in [0.15, 0.2) is 0 Å². The Morgan fingerprint density at radius 1 is 1.32 bits per heavy atom. The number of unbranched alkanes of at least 4 members (excludes halogenated alkanes) is 1. The smallest absolute Gasteiger partial charge is 0.332 e. The van der Waals surface area contributed by atoms with Crippen molar-refractivity contribution in [1.82, 2.24) is 9.80 Å². The molecular weight excluding hydrogens is 374 g/mol. The van der Waals surface area contributed by atoms with Gasteiger partial charge < -0.3 is 14.7 Å². The third-order valence-electron chi connectivity index (χ3n) is 5.05. The summed E-state index contributed by atoms with van der Waals surface area (Å²) in [7, 11) is 0. The molecule has 1 unspecified atom stereocenters. The summed E-state index contributed by atoms with van der Waals surface area (Å²) in [6, 6.07) is 6.15. The Morgan fingerprint density at radius 3 is 2.86 bits per heavy atom. The number of carbonyl (C=O) groups is 1. The van der Waals surface area contributed by atoms with E-state index in [4.69, 9.17) is 14.7 Å². The molecule has 1 aliphatic heterocycles. The van der Waals surface area contributed by atoms with Crippen molar-refractivity contribution in [2.45, 2.75) is 46.1 Å². The van der Waals surface area contributed by atoms with Crippen molar-refractivity contribution in [3.05, 3.63) is 23.8 Å². The molecule has 1 aromatic carbocycles. The highest BCUT2D eigenvalue weighted by atomic mass is 32.2. The van der Waals surface area contributed by atoms with Crippen molar-refractivity contribution in [1.29, 1.82) is 0 Å². The van der Waals surface area contributed by atoms with Gasteiger partial charge in [-0.2, -0.15) is 0 Å². The average molecular weight is 410 g/mol. The van der Waals surface area contributed by atoms with E-state index in [2.05, 4.69) is 30.6 Å². The van der Waals surface area contributed by atoms with Crippen LogP contribution in [0.1, 0.15) is 39.2 Å². The summed E-state index contributed by atoms with van der Waals surface area (Å²) in [5.74, 6) is 1.66. The molecule has 1 saturated heterocycles. The highest BCUT2D eigenvalue weighted by Gasteiger charge is 2.25. The largest absolute Gasteiger partial charge is 0.492 e. The first-order valence-electron chi connectivity index (χ1n) is 10.3. The maximum Gasteiger partial charge on any atom is 0.332 e. The topological polar surface area (TPSA) is 68.0 Å². The van der Waals surface area contributed by atoms with Gasteiger partial charge in [-0.25, -0.2) is 4.79 Å². The first-order chi connectivity index (χ1) is 13.5. The zero-order chi connectivity index (χ0) is 20.4. The van der Waals surface area contributed by atoms with Gasteiger partial charge in [0, 0.05) is 43.7 Å². The monoisotopic (exact) mass is 409 g/mol. The summed E-state index contributed by atoms with van der Waals surface area (Å²) < 4.78 is 11.2. The van der Waals surface area contributed by atoms with Gasteiger partial charge in [-0.1, -0.05) is 20.3 Å². The zero-order valence-electron chi connectivity index (χ0n) is 17.5. The first kappa shape index (κ1) is 22.8. The normalized spacial score (nSPS) is 18.2. The zero-order valence-corrected chi connectivity index (χ0v) is 18.3. The number of ether oxygens (including phenoxy) is 1. The van der Waals surface area contributed by atoms with Crippen LogP contribution in [0.15, 0.2) is 18.2 Å². The molecule has 6 nitrogen and oxygen atoms in total. The van der Waals surface area contributed by atoms with Gasteiger partial charge in [-0.3, -0.25) is 9.80 Å². The lowest BCUT2D eigenvalue weighted by Crippen LogP contribution is -2.53. The summed E-state index contributed by atoms with van der Waals surface area (Å²) in [4.78, 5) is 16.6. The third-order valence-corrected chi connectivity index (χ3v) is 5.80. The number of hydrogen-bond acceptors (Lipinski definition) is 7. The van der Waals surface area contributed by atoms with E-state index in [9.17, 15) is 4.79 Å². The molecule has 0 amide bonds. The van der Waals surface area contributed by atoms with E-state index in [1.165, 1.54) is 12.0 Å². The van der Waals surface area contributed by atoms with E-state index in [0.29, 0.717) is 19.2 Å². The van der Waals surface area contributed by atoms with Gasteiger partial charge in [-0.05, 0) is 43.5 Å². The van der Waals surface area contributed by atoms with E-state index in [0.717, 1.165) is 68.2 Å². The van der Waals surface area contributed by atoms with Crippen LogP contribution in [0.4, 0.5) is 5.69 Å². The molecule has 7 heteroatoms. The van der Waals surface area contributed by atoms with Gasteiger partial charge in [0.1, 0.15) is 12.4 Å². The summed E-state index contributed by atoms with van der Waals surface area (Å²) in [6.07, 6.45) is 3.10. The van der Waals surface area contributed by atoms with Crippen LogP contribution in [0, 0.1) is 0 Å². The molecule has 28 heavy (non-hydrogen) atoms. The van der Waals surface area contributed by atoms with Crippen LogP contribution in [-0.2, 0) is 15.4 Å². The Balaban J connectivity index is 1.68. The SMILES string of the molecule is CCCCSOC(=O)CN1CCN(CCOc2ccc(N)cc2CC)CC1C. The highest BCUT2D eigenvalue weighted by Crippen LogP contribution is 2.22. The number of nitrogens with zero attached hydrogens (tertiary/aromatic N) is 2. The number of anilines is 1. The summed E-state index contributed by atoms with van der Waals surface area (Å²) in [5, 5.41) is 0. The van der Waals surface area contributed by atoms with E-state index in [1.54, 1.807) is 0 Å². The van der Waals surface area contributed by atoms with E-state index in [1.807, 2.05) is 18.2 Å². The fourth-order valence-corrected chi connectivity index (χ4v) is 3.99. The number of nitrogen functional groups attached to an aromatic ring is 1. The Morgan fingerprint density at radius 2 is 2.14 bits per heavy atom. The Hall–Kier alpha value is -1.44. The van der Waals surface area contributed by atoms with Crippen LogP contribution in [0.25, 0.3) is 0 Å². The predicted octanol–water partition coefficient (Wildman–Crippen LogP) is 3.21. The minimum Gasteiger partial charge on any atom is -0.492 e. The van der Waals surface area contributed by atoms with Crippen LogP contribution in [-0.4, -0.2) is 66.9 Å². The second-order valence-electron chi connectivity index (χ2n) is 7.32. The van der Waals surface area contributed by atoms with Gasteiger partial charge in [0.2, 0.25) is 0 Å². The van der Waals surface area contributed by atoms with Crippen molar-refractivity contribution >= 4 is 23.7 Å². The molecule has 0 bridgehead atoms. The Kier molecular flexibility index (Phi) is 9.95. The number of benzene rings is 1. The van der Waals surface area contributed by atoms with Crippen molar-refractivity contribution in [3.8, 4) is 5.75 Å². The number of aryl methyl sites for hydroxylation is 1. The fraction of sp³-hybridized carbons (Fsp3) is 0.667. The number of carbonyl (C=O) groups excluding carboxylic acids is 1. The van der Waals surface area contributed by atoms with Crippen molar-refractivity contribution < 1.29 is 13.7 Å². The maximum absolute atomic E-state index is 12.0. The molecule has 0 radical (unpaired) electrons. The molecule has 0 aliphatic carbocycles. The lowest BCUT2D eigenvalue weighted by molar-refractivity contribution is -0.135. The molecule has 0 aromatic heterocycles. The first-order valence-corrected chi connectivity index (χ1v) is 11.2. The van der Waals surface area contributed by atoms with Crippen LogP contribution in [0.5, 0.6) is 5.75 Å². The number of piperazine rings is 1. The summed E-state index contributed by atoms with van der Waals surface area (Å²) in [5.41, 5.74) is 7.77. The molecule has 1 aliphatic rings. The van der Waals surface area contributed by atoms with Crippen LogP contribution in [0.2, 0.25) is 0 Å². The molecule has 2 N–H and O–H groups in total. The van der Waals surface area contributed by atoms with Crippen molar-refractivity contribution in [2.24, 2.45) is 0 Å². The third kappa shape index (κ3) is 7.53. The molecule has 1 fully saturated rings. The lowest BCUT2D eigenvalue weighted by atomic mass is 10.1. The van der Waals surface area contributed by atoms with Crippen molar-refractivity contribution in [3.63, 3.8) is 0 Å². The lowest BCUT2D eigenvalue weighted by Gasteiger charge is -2.39. The molecule has 158 valence electrons. The van der Waals surface area contributed by atoms with Crippen LogP contribution >= 0.6 is 12.0 Å². The number of rotatable bonds is 11. The number of hydrogen-bond donors (Lipinski definition) is 1. The molecular formula is C21H35N3O3S. The van der Waals surface area contributed by atoms with Gasteiger partial charge in [0.25, 0.3) is 0 Å². The quantitative estimate of drug-likeness (QED) is 0.342. The maximum atomic E-state index is 12.0. The Labute approximate surface area is 173 Å². The van der Waals surface area contributed by atoms with E-state index in [-0.39, 0.29) is 5.97 Å². The molecule has 1 aromatic rings. The van der Waals surface area contributed by atoms with Crippen LogP contribution < -0.4 is 10.5 Å². The second-order valence-corrected chi connectivity index (χ2v) is 8.13. The van der Waals surface area contributed by atoms with Gasteiger partial charge in [-0.15, -0.1) is 0 Å². The van der Waals surface area contributed by atoms with Crippen molar-refractivity contribution in [2.75, 3.05) is 50.8 Å². The standard InChI is InChI=1S/C21H35N3O3S/c1-4-6-13-28-27-21(25)16-24-10-9-23(15-17(24)3)11-12-26-20-8-7-19(22)14-18(20)5-2/h7-8,14,17H,4-6,9-13,15-16,22H2,1-3H3. The second kappa shape index (κ2) is 12.2. The summed E-state index contributed by atoms with van der Waals surface area (Å²) in [6.45, 7) is 11.0. The predicted molar refractivity (Wildman–Crippen MR) is 117 cm³/mol. The van der Waals surface area contributed by atoms with Crippen LogP contribution in [0.3, 0.4) is 0 Å². The molecule has 0 saturated carbocycles. The average Bonchev–Trinajstić information content (AvgIpc) is 2.68. The Bertz CT molecular complexity index is 615. The highest BCUT2D eigenvalue weighted by molar-refractivity contribution is 7.95. The fourth-order valence-electron chi connectivity index (χ4n) is 3.31. The number of nitrogens with two attached hydrogens (primary N) is 1. The minimum atomic E-state index is -0.139. The molecule has 1 heterocycles. The minimum absolute atomic E-state index is 0.139. The van der Waals surface area contributed by atoms with E-state index < -0.39 is 0 Å². The molecule has 0 spiro atoms. The summed E-state index contributed by atoms with van der Waals surface area (Å²) >= 11 is 1.28. The molecule has 2 rings (SSSR count). The van der Waals surface area contributed by atoms with Gasteiger partial charge in [0.05, 0.1) is 18.6 Å². The molecule has 1 atom stereocenters. The van der Waals surface area contributed by atoms with E-state index >= 15 is 0 Å².